The van der Waals surface area contributed by atoms with Gasteiger partial charge in [0.2, 0.25) is 0 Å². The second kappa shape index (κ2) is 6.15. The minimum Gasteiger partial charge on any atom is -0.391 e. The monoisotopic (exact) mass is 276 g/mol. The van der Waals surface area contributed by atoms with E-state index in [1.54, 1.807) is 0 Å². The fraction of sp³-hybridized carbons (Fsp3) is 0.647. The molecule has 0 aliphatic carbocycles. The predicted octanol–water partition coefficient (Wildman–Crippen LogP) is 2.84. The first-order chi connectivity index (χ1) is 9.35. The van der Waals surface area contributed by atoms with Crippen LogP contribution in [-0.4, -0.2) is 29.8 Å². The quantitative estimate of drug-likeness (QED) is 0.891. The molecule has 1 aromatic carbocycles. The van der Waals surface area contributed by atoms with Crippen molar-refractivity contribution in [2.24, 2.45) is 0 Å². The molecule has 1 aliphatic rings. The van der Waals surface area contributed by atoms with Gasteiger partial charge in [-0.2, -0.15) is 0 Å². The maximum atomic E-state index is 9.79. The maximum absolute atomic E-state index is 9.79. The molecular weight excluding hydrogens is 248 g/mol. The number of aryl methyl sites for hydroxylation is 1. The van der Waals surface area contributed by atoms with Gasteiger partial charge in [0.1, 0.15) is 0 Å². The second-order valence-electron chi connectivity index (χ2n) is 6.96. The normalized spacial score (nSPS) is 20.2. The lowest BCUT2D eigenvalue weighted by molar-refractivity contribution is 0.154. The number of nitrogens with one attached hydrogen (secondary N) is 1. The highest BCUT2D eigenvalue weighted by molar-refractivity contribution is 5.51. The molecule has 112 valence electrons. The van der Waals surface area contributed by atoms with Crippen LogP contribution >= 0.6 is 0 Å². The average Bonchev–Trinajstić information content (AvgIpc) is 2.36. The Balaban J connectivity index is 2.05. The number of piperidine rings is 1. The van der Waals surface area contributed by atoms with Crippen LogP contribution in [0.25, 0.3) is 0 Å². The molecule has 1 heterocycles. The van der Waals surface area contributed by atoms with Crippen LogP contribution in [0.5, 0.6) is 0 Å². The summed E-state index contributed by atoms with van der Waals surface area (Å²) in [4.78, 5) is 2.29. The summed E-state index contributed by atoms with van der Waals surface area (Å²) in [6.07, 6.45) is 1.84. The number of hydrogen-bond donors (Lipinski definition) is 2. The van der Waals surface area contributed by atoms with E-state index in [4.69, 9.17) is 0 Å². The van der Waals surface area contributed by atoms with Gasteiger partial charge in [0.25, 0.3) is 0 Å². The molecule has 1 atom stereocenters. The Hall–Kier alpha value is -1.06. The second-order valence-corrected chi connectivity index (χ2v) is 6.96. The molecular formula is C17H28N2O. The van der Waals surface area contributed by atoms with Gasteiger partial charge in [-0.3, -0.25) is 0 Å². The Morgan fingerprint density at radius 1 is 1.35 bits per heavy atom. The third-order valence-corrected chi connectivity index (χ3v) is 3.90. The SMILES string of the molecule is Cc1cc(N2CCCC(O)C2)ccc1CNC(C)(C)C. The van der Waals surface area contributed by atoms with Gasteiger partial charge in [-0.25, -0.2) is 0 Å². The van der Waals surface area contributed by atoms with Gasteiger partial charge in [0, 0.05) is 30.9 Å². The van der Waals surface area contributed by atoms with Crippen LogP contribution in [0, 0.1) is 6.92 Å². The van der Waals surface area contributed by atoms with Gasteiger partial charge in [0.05, 0.1) is 6.10 Å². The van der Waals surface area contributed by atoms with E-state index in [1.165, 1.54) is 16.8 Å². The van der Waals surface area contributed by atoms with Crippen molar-refractivity contribution in [3.8, 4) is 0 Å². The lowest BCUT2D eigenvalue weighted by atomic mass is 10.0. The number of hydrogen-bond acceptors (Lipinski definition) is 3. The number of rotatable bonds is 3. The van der Waals surface area contributed by atoms with Gasteiger partial charge in [-0.15, -0.1) is 0 Å². The highest BCUT2D eigenvalue weighted by Gasteiger charge is 2.18. The highest BCUT2D eigenvalue weighted by Crippen LogP contribution is 2.23. The molecule has 2 rings (SSSR count). The highest BCUT2D eigenvalue weighted by atomic mass is 16.3. The summed E-state index contributed by atoms with van der Waals surface area (Å²) in [6, 6.07) is 6.65. The summed E-state index contributed by atoms with van der Waals surface area (Å²) < 4.78 is 0. The molecule has 0 aromatic heterocycles. The molecule has 3 heteroatoms. The number of nitrogens with zero attached hydrogens (tertiary/aromatic N) is 1. The van der Waals surface area contributed by atoms with E-state index in [0.29, 0.717) is 0 Å². The van der Waals surface area contributed by atoms with Crippen LogP contribution < -0.4 is 10.2 Å². The molecule has 2 N–H and O–H groups in total. The fourth-order valence-electron chi connectivity index (χ4n) is 2.62. The van der Waals surface area contributed by atoms with Crippen molar-refractivity contribution in [1.29, 1.82) is 0 Å². The van der Waals surface area contributed by atoms with Crippen molar-refractivity contribution in [3.05, 3.63) is 29.3 Å². The first-order valence-corrected chi connectivity index (χ1v) is 7.63. The van der Waals surface area contributed by atoms with Crippen molar-refractivity contribution >= 4 is 5.69 Å². The average molecular weight is 276 g/mol. The Morgan fingerprint density at radius 3 is 2.70 bits per heavy atom. The first kappa shape index (κ1) is 15.3. The molecule has 0 spiro atoms. The lowest BCUT2D eigenvalue weighted by Crippen LogP contribution is -2.38. The van der Waals surface area contributed by atoms with Gasteiger partial charge in [0.15, 0.2) is 0 Å². The minimum atomic E-state index is -0.175. The number of aliphatic hydroxyl groups is 1. The van der Waals surface area contributed by atoms with Gasteiger partial charge >= 0.3 is 0 Å². The lowest BCUT2D eigenvalue weighted by Gasteiger charge is -2.32. The molecule has 0 radical (unpaired) electrons. The molecule has 0 saturated carbocycles. The maximum Gasteiger partial charge on any atom is 0.0715 e. The molecule has 1 aliphatic heterocycles. The predicted molar refractivity (Wildman–Crippen MR) is 85.2 cm³/mol. The molecule has 3 nitrogen and oxygen atoms in total. The summed E-state index contributed by atoms with van der Waals surface area (Å²) in [5.41, 5.74) is 4.04. The van der Waals surface area contributed by atoms with Crippen LogP contribution in [0.3, 0.4) is 0 Å². The zero-order valence-corrected chi connectivity index (χ0v) is 13.2. The van der Waals surface area contributed by atoms with Crippen molar-refractivity contribution in [1.82, 2.24) is 5.32 Å². The molecule has 0 bridgehead atoms. The molecule has 1 fully saturated rings. The minimum absolute atomic E-state index is 0.141. The Kier molecular flexibility index (Phi) is 4.71. The molecule has 20 heavy (non-hydrogen) atoms. The van der Waals surface area contributed by atoms with Gasteiger partial charge in [-0.05, 0) is 63.8 Å². The van der Waals surface area contributed by atoms with Crippen LogP contribution in [0.1, 0.15) is 44.7 Å². The van der Waals surface area contributed by atoms with Crippen molar-refractivity contribution in [2.45, 2.75) is 58.7 Å². The number of benzene rings is 1. The van der Waals surface area contributed by atoms with E-state index in [-0.39, 0.29) is 11.6 Å². The van der Waals surface area contributed by atoms with E-state index in [2.05, 4.69) is 56.1 Å². The molecule has 1 aromatic rings. The molecule has 1 saturated heterocycles. The zero-order valence-electron chi connectivity index (χ0n) is 13.2. The summed E-state index contributed by atoms with van der Waals surface area (Å²) in [7, 11) is 0. The molecule has 0 amide bonds. The zero-order chi connectivity index (χ0) is 14.8. The summed E-state index contributed by atoms with van der Waals surface area (Å²) in [5, 5.41) is 13.3. The van der Waals surface area contributed by atoms with E-state index in [9.17, 15) is 5.11 Å². The van der Waals surface area contributed by atoms with Crippen LogP contribution in [0.15, 0.2) is 18.2 Å². The van der Waals surface area contributed by atoms with Crippen molar-refractivity contribution < 1.29 is 5.11 Å². The van der Waals surface area contributed by atoms with Crippen LogP contribution in [-0.2, 0) is 6.54 Å². The first-order valence-electron chi connectivity index (χ1n) is 7.63. The number of aliphatic hydroxyl groups excluding tert-OH is 1. The summed E-state index contributed by atoms with van der Waals surface area (Å²) in [5.74, 6) is 0. The third-order valence-electron chi connectivity index (χ3n) is 3.90. The summed E-state index contributed by atoms with van der Waals surface area (Å²) >= 11 is 0. The van der Waals surface area contributed by atoms with Crippen LogP contribution in [0.4, 0.5) is 5.69 Å². The number of anilines is 1. The van der Waals surface area contributed by atoms with Gasteiger partial charge < -0.3 is 15.3 Å². The van der Waals surface area contributed by atoms with Crippen molar-refractivity contribution in [2.75, 3.05) is 18.0 Å². The van der Waals surface area contributed by atoms with Crippen LogP contribution in [0.2, 0.25) is 0 Å². The van der Waals surface area contributed by atoms with E-state index < -0.39 is 0 Å². The topological polar surface area (TPSA) is 35.5 Å². The fourth-order valence-corrected chi connectivity index (χ4v) is 2.62. The number of β-amino-alcohol motifs (C(OH)–C–C–N with tert-alkyl or cyclic N) is 1. The van der Waals surface area contributed by atoms with Gasteiger partial charge in [-0.1, -0.05) is 6.07 Å². The largest absolute Gasteiger partial charge is 0.391 e. The van der Waals surface area contributed by atoms with E-state index in [0.717, 1.165) is 32.5 Å². The smallest absolute Gasteiger partial charge is 0.0715 e. The Morgan fingerprint density at radius 2 is 2.10 bits per heavy atom. The molecule has 1 unspecified atom stereocenters. The van der Waals surface area contributed by atoms with E-state index in [1.807, 2.05) is 0 Å². The standard InChI is InChI=1S/C17H28N2O/c1-13-10-15(19-9-5-6-16(20)12-19)8-7-14(13)11-18-17(2,3)4/h7-8,10,16,18,20H,5-6,9,11-12H2,1-4H3. The summed E-state index contributed by atoms with van der Waals surface area (Å²) in [6.45, 7) is 11.4. The van der Waals surface area contributed by atoms with E-state index >= 15 is 0 Å². The Labute approximate surface area is 123 Å². The third kappa shape index (κ3) is 4.22. The van der Waals surface area contributed by atoms with Crippen molar-refractivity contribution in [3.63, 3.8) is 0 Å². The Bertz CT molecular complexity index is 451.